The van der Waals surface area contributed by atoms with Gasteiger partial charge in [0.2, 0.25) is 0 Å². The molecule has 84 valence electrons. The molecule has 1 aromatic heterocycles. The SMILES string of the molecule is COCC(CBr)NC(=O)c1csc(Br)c1. The molecule has 0 saturated heterocycles. The van der Waals surface area contributed by atoms with Crippen LogP contribution in [-0.4, -0.2) is 31.0 Å². The molecule has 1 heterocycles. The molecule has 0 aliphatic heterocycles. The lowest BCUT2D eigenvalue weighted by molar-refractivity contribution is 0.0908. The first-order chi connectivity index (χ1) is 7.17. The molecule has 0 aliphatic carbocycles. The highest BCUT2D eigenvalue weighted by Crippen LogP contribution is 2.20. The molecule has 0 saturated carbocycles. The maximum absolute atomic E-state index is 11.7. The Balaban J connectivity index is 2.54. The average molecular weight is 357 g/mol. The Kier molecular flexibility index (Phi) is 5.81. The molecule has 15 heavy (non-hydrogen) atoms. The van der Waals surface area contributed by atoms with Gasteiger partial charge in [-0.1, -0.05) is 15.9 Å². The summed E-state index contributed by atoms with van der Waals surface area (Å²) in [7, 11) is 1.61. The summed E-state index contributed by atoms with van der Waals surface area (Å²) >= 11 is 8.13. The van der Waals surface area contributed by atoms with E-state index in [9.17, 15) is 4.79 Å². The van der Waals surface area contributed by atoms with Gasteiger partial charge >= 0.3 is 0 Å². The van der Waals surface area contributed by atoms with Crippen LogP contribution in [0.25, 0.3) is 0 Å². The van der Waals surface area contributed by atoms with E-state index in [1.807, 2.05) is 5.38 Å². The summed E-state index contributed by atoms with van der Waals surface area (Å²) in [5.41, 5.74) is 0.675. The number of halogens is 2. The lowest BCUT2D eigenvalue weighted by Gasteiger charge is -2.14. The van der Waals surface area contributed by atoms with Crippen molar-refractivity contribution in [2.24, 2.45) is 0 Å². The van der Waals surface area contributed by atoms with E-state index in [-0.39, 0.29) is 11.9 Å². The fourth-order valence-electron chi connectivity index (χ4n) is 1.02. The Morgan fingerprint density at radius 3 is 2.93 bits per heavy atom. The van der Waals surface area contributed by atoms with Crippen LogP contribution in [0.2, 0.25) is 0 Å². The van der Waals surface area contributed by atoms with Crippen molar-refractivity contribution in [3.8, 4) is 0 Å². The molecule has 0 bridgehead atoms. The van der Waals surface area contributed by atoms with Crippen molar-refractivity contribution < 1.29 is 9.53 Å². The van der Waals surface area contributed by atoms with Crippen LogP contribution in [0.3, 0.4) is 0 Å². The molecular formula is C9H11Br2NO2S. The second kappa shape index (κ2) is 6.62. The Bertz CT molecular complexity index is 330. The molecule has 1 rings (SSSR count). The molecule has 1 amide bonds. The first-order valence-corrected chi connectivity index (χ1v) is 7.06. The number of amides is 1. The molecule has 0 spiro atoms. The van der Waals surface area contributed by atoms with Crippen molar-refractivity contribution in [1.82, 2.24) is 5.32 Å². The van der Waals surface area contributed by atoms with Gasteiger partial charge in [-0.2, -0.15) is 0 Å². The van der Waals surface area contributed by atoms with Gasteiger partial charge in [-0.25, -0.2) is 0 Å². The minimum absolute atomic E-state index is 0.00109. The number of carbonyl (C=O) groups is 1. The summed E-state index contributed by atoms with van der Waals surface area (Å²) in [6.07, 6.45) is 0. The summed E-state index contributed by atoms with van der Waals surface area (Å²) < 4.78 is 5.94. The van der Waals surface area contributed by atoms with E-state index in [2.05, 4.69) is 37.2 Å². The zero-order valence-electron chi connectivity index (χ0n) is 8.13. The van der Waals surface area contributed by atoms with Gasteiger partial charge < -0.3 is 10.1 Å². The summed E-state index contributed by atoms with van der Waals surface area (Å²) in [4.78, 5) is 11.7. The van der Waals surface area contributed by atoms with Gasteiger partial charge in [0.15, 0.2) is 0 Å². The molecule has 1 aromatic rings. The summed E-state index contributed by atoms with van der Waals surface area (Å²) in [6.45, 7) is 0.502. The lowest BCUT2D eigenvalue weighted by atomic mass is 10.3. The first-order valence-electron chi connectivity index (χ1n) is 4.27. The number of ether oxygens (including phenoxy) is 1. The quantitative estimate of drug-likeness (QED) is 0.823. The highest BCUT2D eigenvalue weighted by molar-refractivity contribution is 9.11. The number of hydrogen-bond acceptors (Lipinski definition) is 3. The van der Waals surface area contributed by atoms with E-state index in [0.717, 1.165) is 3.79 Å². The molecule has 0 aliphatic rings. The Hall–Kier alpha value is 0.0900. The van der Waals surface area contributed by atoms with Crippen molar-refractivity contribution in [2.45, 2.75) is 6.04 Å². The normalized spacial score (nSPS) is 12.5. The standard InChI is InChI=1S/C9H11Br2NO2S/c1-14-4-7(3-10)12-9(13)6-2-8(11)15-5-6/h2,5,7H,3-4H2,1H3,(H,12,13). The van der Waals surface area contributed by atoms with Gasteiger partial charge in [0, 0.05) is 17.8 Å². The van der Waals surface area contributed by atoms with Crippen LogP contribution in [0, 0.1) is 0 Å². The van der Waals surface area contributed by atoms with Gasteiger partial charge in [0.05, 0.1) is 22.0 Å². The van der Waals surface area contributed by atoms with Crippen LogP contribution >= 0.6 is 43.2 Å². The maximum atomic E-state index is 11.7. The first kappa shape index (κ1) is 13.2. The largest absolute Gasteiger partial charge is 0.383 e. The highest BCUT2D eigenvalue weighted by Gasteiger charge is 2.13. The van der Waals surface area contributed by atoms with Crippen molar-refractivity contribution in [1.29, 1.82) is 0 Å². The van der Waals surface area contributed by atoms with Crippen LogP contribution in [-0.2, 0) is 4.74 Å². The number of hydrogen-bond donors (Lipinski definition) is 1. The number of nitrogens with one attached hydrogen (secondary N) is 1. The number of methoxy groups -OCH3 is 1. The van der Waals surface area contributed by atoms with Crippen LogP contribution in [0.15, 0.2) is 15.2 Å². The Morgan fingerprint density at radius 1 is 1.73 bits per heavy atom. The fraction of sp³-hybridized carbons (Fsp3) is 0.444. The van der Waals surface area contributed by atoms with E-state index in [1.165, 1.54) is 11.3 Å². The van der Waals surface area contributed by atoms with Crippen LogP contribution in [0.4, 0.5) is 0 Å². The van der Waals surface area contributed by atoms with Gasteiger partial charge in [-0.05, 0) is 22.0 Å². The fourth-order valence-corrected chi connectivity index (χ4v) is 2.51. The van der Waals surface area contributed by atoms with E-state index < -0.39 is 0 Å². The maximum Gasteiger partial charge on any atom is 0.252 e. The van der Waals surface area contributed by atoms with Gasteiger partial charge in [-0.15, -0.1) is 11.3 Å². The predicted octanol–water partition coefficient (Wildman–Crippen LogP) is 2.65. The zero-order valence-corrected chi connectivity index (χ0v) is 12.1. The molecule has 1 unspecified atom stereocenters. The summed E-state index contributed by atoms with van der Waals surface area (Å²) in [5, 5.41) is 5.37. The molecule has 1 atom stereocenters. The Labute approximate surface area is 109 Å². The molecule has 3 nitrogen and oxygen atoms in total. The van der Waals surface area contributed by atoms with Gasteiger partial charge in [0.1, 0.15) is 0 Å². The monoisotopic (exact) mass is 355 g/mol. The van der Waals surface area contributed by atoms with Crippen molar-refractivity contribution in [2.75, 3.05) is 19.0 Å². The molecule has 1 N–H and O–H groups in total. The van der Waals surface area contributed by atoms with Gasteiger partial charge in [0.25, 0.3) is 5.91 Å². The van der Waals surface area contributed by atoms with E-state index in [1.54, 1.807) is 13.2 Å². The molecule has 0 fully saturated rings. The molecule has 6 heteroatoms. The van der Waals surface area contributed by atoms with E-state index in [0.29, 0.717) is 17.5 Å². The van der Waals surface area contributed by atoms with E-state index in [4.69, 9.17) is 4.74 Å². The molecule has 0 aromatic carbocycles. The zero-order chi connectivity index (χ0) is 11.3. The smallest absolute Gasteiger partial charge is 0.252 e. The minimum atomic E-state index is -0.0709. The lowest BCUT2D eigenvalue weighted by Crippen LogP contribution is -2.39. The number of thiophene rings is 1. The van der Waals surface area contributed by atoms with Crippen LogP contribution in [0.1, 0.15) is 10.4 Å². The van der Waals surface area contributed by atoms with Gasteiger partial charge in [-0.3, -0.25) is 4.79 Å². The number of carbonyl (C=O) groups excluding carboxylic acids is 1. The average Bonchev–Trinajstić information content (AvgIpc) is 2.64. The van der Waals surface area contributed by atoms with E-state index >= 15 is 0 Å². The molecular weight excluding hydrogens is 346 g/mol. The van der Waals surface area contributed by atoms with Crippen LogP contribution in [0.5, 0.6) is 0 Å². The number of alkyl halides is 1. The third-order valence-corrected chi connectivity index (χ3v) is 4.01. The molecule has 0 radical (unpaired) electrons. The van der Waals surface area contributed by atoms with Crippen LogP contribution < -0.4 is 5.32 Å². The Morgan fingerprint density at radius 2 is 2.47 bits per heavy atom. The summed E-state index contributed by atoms with van der Waals surface area (Å²) in [6, 6.07) is 1.80. The third kappa shape index (κ3) is 4.22. The predicted molar refractivity (Wildman–Crippen MR) is 68.9 cm³/mol. The van der Waals surface area contributed by atoms with Crippen molar-refractivity contribution in [3.63, 3.8) is 0 Å². The second-order valence-electron chi connectivity index (χ2n) is 2.92. The second-order valence-corrected chi connectivity index (χ2v) is 5.86. The number of rotatable bonds is 5. The summed E-state index contributed by atoms with van der Waals surface area (Å²) in [5.74, 6) is -0.0709. The van der Waals surface area contributed by atoms with Crippen molar-refractivity contribution >= 4 is 49.1 Å². The topological polar surface area (TPSA) is 38.3 Å². The minimum Gasteiger partial charge on any atom is -0.383 e. The highest BCUT2D eigenvalue weighted by atomic mass is 79.9. The third-order valence-electron chi connectivity index (χ3n) is 1.72. The van der Waals surface area contributed by atoms with Crippen molar-refractivity contribution in [3.05, 3.63) is 20.8 Å².